The molecule has 0 amide bonds. The molecule has 0 aliphatic carbocycles. The molecule has 5 atom stereocenters. The second-order valence-electron chi connectivity index (χ2n) is 18.3. The summed E-state index contributed by atoms with van der Waals surface area (Å²) in [6.45, 7) is 5.85. The molecule has 1 fully saturated rings. The monoisotopic (exact) mass is 975 g/mol. The Labute approximate surface area is 409 Å². The van der Waals surface area contributed by atoms with Gasteiger partial charge >= 0.3 is 25.8 Å². The van der Waals surface area contributed by atoms with E-state index in [0.29, 0.717) is 6.42 Å². The zero-order valence-corrected chi connectivity index (χ0v) is 42.1. The number of halogens is 1. The van der Waals surface area contributed by atoms with Gasteiger partial charge in [-0.3, -0.25) is 18.7 Å². The standard InChI is InChI=1S/C53H76FN6O8P/c1-5-9-10-11-12-13-14-15-16-17-18-19-20-21-22-23-30-35-47(61)66-45-37-46(60-40-56-48-49(55)57-52(54)58-50(48)60)67-53(45,8-4)39-65-69(63,68-43-33-28-25-29-34-43)59-44(36-42-31-26-24-27-32-42)51(62)64-38-41(6-2)7-3/h4,24-29,31-34,40-41,44-46H,5-7,9-23,30,35-39H2,1-3H3,(H,59,63)(H2,55,57,58)/t44-,45-,46+,53+,69?/m0/s1. The van der Waals surface area contributed by atoms with E-state index < -0.39 is 56.3 Å². The minimum Gasteiger partial charge on any atom is -0.464 e. The number of anilines is 1. The van der Waals surface area contributed by atoms with Crippen molar-refractivity contribution < 1.29 is 41.8 Å². The van der Waals surface area contributed by atoms with Crippen molar-refractivity contribution in [3.8, 4) is 18.1 Å². The molecule has 1 aliphatic heterocycles. The smallest absolute Gasteiger partial charge is 0.459 e. The van der Waals surface area contributed by atoms with E-state index in [-0.39, 0.29) is 54.5 Å². The van der Waals surface area contributed by atoms with Gasteiger partial charge in [0.2, 0.25) is 0 Å². The second kappa shape index (κ2) is 29.3. The van der Waals surface area contributed by atoms with E-state index in [0.717, 1.165) is 37.7 Å². The van der Waals surface area contributed by atoms with Gasteiger partial charge in [-0.2, -0.15) is 19.4 Å². The van der Waals surface area contributed by atoms with Gasteiger partial charge in [-0.1, -0.05) is 191 Å². The first kappa shape index (κ1) is 55.1. The quantitative estimate of drug-likeness (QED) is 0.0149. The highest BCUT2D eigenvalue weighted by Gasteiger charge is 2.53. The molecule has 0 saturated carbocycles. The number of carbonyl (C=O) groups is 2. The number of nitrogen functional groups attached to an aromatic ring is 1. The Morgan fingerprint density at radius 1 is 0.884 bits per heavy atom. The molecule has 3 N–H and O–H groups in total. The summed E-state index contributed by atoms with van der Waals surface area (Å²) in [6.07, 6.45) is 26.9. The fourth-order valence-electron chi connectivity index (χ4n) is 8.62. The molecule has 1 unspecified atom stereocenters. The SMILES string of the molecule is C#C[C@]1(COP(=O)(N[C@@H](Cc2ccccc2)C(=O)OCC(CC)CC)Oc2ccccc2)O[C@@H](n2cnc3c(N)nc(F)nc32)C[C@@H]1OC(=O)CCCCCCCCCCCCCCCCCCC. The van der Waals surface area contributed by atoms with E-state index in [2.05, 4.69) is 32.9 Å². The Balaban J connectivity index is 1.26. The number of hydrogen-bond donors (Lipinski definition) is 2. The summed E-state index contributed by atoms with van der Waals surface area (Å²) in [6, 6.07) is 16.4. The number of nitrogens with two attached hydrogens (primary N) is 1. The van der Waals surface area contributed by atoms with Crippen LogP contribution in [0.5, 0.6) is 5.75 Å². The van der Waals surface area contributed by atoms with Crippen molar-refractivity contribution in [3.63, 3.8) is 0 Å². The maximum Gasteiger partial charge on any atom is 0.459 e. The summed E-state index contributed by atoms with van der Waals surface area (Å²) in [4.78, 5) is 39.3. The Morgan fingerprint density at radius 3 is 2.04 bits per heavy atom. The minimum atomic E-state index is -4.57. The summed E-state index contributed by atoms with van der Waals surface area (Å²) in [7, 11) is -4.57. The van der Waals surface area contributed by atoms with Crippen LogP contribution in [0.25, 0.3) is 11.2 Å². The molecule has 0 radical (unpaired) electrons. The third kappa shape index (κ3) is 17.8. The van der Waals surface area contributed by atoms with Gasteiger partial charge < -0.3 is 24.5 Å². The van der Waals surface area contributed by atoms with Gasteiger partial charge in [-0.15, -0.1) is 6.42 Å². The topological polar surface area (TPSA) is 179 Å². The first-order valence-electron chi connectivity index (χ1n) is 25.5. The highest BCUT2D eigenvalue weighted by Crippen LogP contribution is 2.49. The number of nitrogens with one attached hydrogen (secondary N) is 1. The molecule has 5 rings (SSSR count). The number of para-hydroxylation sites is 1. The fourth-order valence-corrected chi connectivity index (χ4v) is 10.1. The van der Waals surface area contributed by atoms with Crippen molar-refractivity contribution in [1.29, 1.82) is 0 Å². The first-order chi connectivity index (χ1) is 33.5. The lowest BCUT2D eigenvalue weighted by molar-refractivity contribution is -0.158. The molecule has 2 aromatic heterocycles. The van der Waals surface area contributed by atoms with Gasteiger partial charge in [-0.05, 0) is 36.5 Å². The van der Waals surface area contributed by atoms with Crippen LogP contribution in [0.2, 0.25) is 0 Å². The van der Waals surface area contributed by atoms with Gasteiger partial charge in [0.25, 0.3) is 0 Å². The molecular formula is C53H76FN6O8P. The summed E-state index contributed by atoms with van der Waals surface area (Å²) in [5, 5.41) is 2.87. The lowest BCUT2D eigenvalue weighted by atomic mass is 9.98. The predicted molar refractivity (Wildman–Crippen MR) is 267 cm³/mol. The van der Waals surface area contributed by atoms with E-state index in [4.69, 9.17) is 35.4 Å². The van der Waals surface area contributed by atoms with Crippen LogP contribution in [0.3, 0.4) is 0 Å². The third-order valence-corrected chi connectivity index (χ3v) is 14.5. The number of hydrogen-bond acceptors (Lipinski definition) is 12. The molecule has 2 aromatic carbocycles. The van der Waals surface area contributed by atoms with Crippen molar-refractivity contribution in [3.05, 3.63) is 78.6 Å². The zero-order valence-electron chi connectivity index (χ0n) is 41.2. The van der Waals surface area contributed by atoms with Crippen LogP contribution in [0.15, 0.2) is 67.0 Å². The number of rotatable bonds is 34. The molecular weight excluding hydrogens is 899 g/mol. The van der Waals surface area contributed by atoms with E-state index in [1.165, 1.54) is 94.4 Å². The van der Waals surface area contributed by atoms with Crippen LogP contribution in [0.1, 0.15) is 167 Å². The number of nitrogens with zero attached hydrogens (tertiary/aromatic N) is 4. The lowest BCUT2D eigenvalue weighted by Crippen LogP contribution is -2.46. The second-order valence-corrected chi connectivity index (χ2v) is 20.0. The number of carbonyl (C=O) groups excluding carboxylic acids is 2. The van der Waals surface area contributed by atoms with Gasteiger partial charge in [0.05, 0.1) is 12.9 Å². The molecule has 1 saturated heterocycles. The normalized spacial score (nSPS) is 18.2. The minimum absolute atomic E-state index is 0.0303. The van der Waals surface area contributed by atoms with Gasteiger partial charge in [0.15, 0.2) is 22.6 Å². The zero-order chi connectivity index (χ0) is 49.3. The molecule has 378 valence electrons. The Morgan fingerprint density at radius 2 is 1.46 bits per heavy atom. The van der Waals surface area contributed by atoms with E-state index in [1.54, 1.807) is 30.3 Å². The average Bonchev–Trinajstić information content (AvgIpc) is 3.94. The van der Waals surface area contributed by atoms with Gasteiger partial charge in [-0.25, -0.2) is 9.55 Å². The molecule has 3 heterocycles. The average molecular weight is 975 g/mol. The number of unbranched alkanes of at least 4 members (excludes halogenated alkanes) is 16. The van der Waals surface area contributed by atoms with Crippen LogP contribution in [0.4, 0.5) is 10.2 Å². The fraction of sp³-hybridized carbons (Fsp3) is 0.604. The molecule has 1 aliphatic rings. The van der Waals surface area contributed by atoms with Crippen molar-refractivity contribution in [2.24, 2.45) is 5.92 Å². The Kier molecular flexibility index (Phi) is 23.4. The van der Waals surface area contributed by atoms with Crippen molar-refractivity contribution in [2.75, 3.05) is 18.9 Å². The molecule has 0 bridgehead atoms. The predicted octanol–water partition coefficient (Wildman–Crippen LogP) is 12.2. The van der Waals surface area contributed by atoms with E-state index in [1.807, 2.05) is 44.2 Å². The first-order valence-corrected chi connectivity index (χ1v) is 27.0. The van der Waals surface area contributed by atoms with Crippen LogP contribution in [0, 0.1) is 24.3 Å². The molecule has 16 heteroatoms. The lowest BCUT2D eigenvalue weighted by Gasteiger charge is -2.31. The number of terminal acetylenes is 1. The van der Waals surface area contributed by atoms with Gasteiger partial charge in [0.1, 0.15) is 30.7 Å². The van der Waals surface area contributed by atoms with Crippen molar-refractivity contribution in [2.45, 2.75) is 186 Å². The van der Waals surface area contributed by atoms with Crippen molar-refractivity contribution >= 4 is 36.7 Å². The van der Waals surface area contributed by atoms with Crippen LogP contribution in [-0.4, -0.2) is 62.4 Å². The Hall–Kier alpha value is -4.87. The highest BCUT2D eigenvalue weighted by molar-refractivity contribution is 7.52. The largest absolute Gasteiger partial charge is 0.464 e. The summed E-state index contributed by atoms with van der Waals surface area (Å²) < 4.78 is 61.8. The maximum atomic E-state index is 15.1. The third-order valence-electron chi connectivity index (χ3n) is 12.9. The van der Waals surface area contributed by atoms with Crippen LogP contribution >= 0.6 is 7.75 Å². The molecule has 0 spiro atoms. The van der Waals surface area contributed by atoms with E-state index in [9.17, 15) is 14.0 Å². The van der Waals surface area contributed by atoms with Crippen molar-refractivity contribution in [1.82, 2.24) is 24.6 Å². The number of esters is 2. The number of ether oxygens (including phenoxy) is 3. The summed E-state index contributed by atoms with van der Waals surface area (Å²) in [5.74, 6) is 1.63. The highest BCUT2D eigenvalue weighted by atomic mass is 31.2. The number of aromatic nitrogens is 4. The Bertz CT molecular complexity index is 2220. The van der Waals surface area contributed by atoms with Crippen LogP contribution < -0.4 is 15.3 Å². The molecule has 4 aromatic rings. The number of imidazole rings is 1. The van der Waals surface area contributed by atoms with Gasteiger partial charge in [0, 0.05) is 12.8 Å². The molecule has 14 nitrogen and oxygen atoms in total. The van der Waals surface area contributed by atoms with E-state index >= 15 is 4.57 Å². The number of fused-ring (bicyclic) bond motifs is 1. The maximum absolute atomic E-state index is 15.1. The molecule has 69 heavy (non-hydrogen) atoms. The number of benzene rings is 2. The van der Waals surface area contributed by atoms with Crippen LogP contribution in [-0.2, 0) is 39.3 Å². The summed E-state index contributed by atoms with van der Waals surface area (Å²) in [5.41, 5.74) is 5.04. The summed E-state index contributed by atoms with van der Waals surface area (Å²) >= 11 is 0.